The number of ether oxygens (including phenoxy) is 2. The lowest BCUT2D eigenvalue weighted by Crippen LogP contribution is -2.37. The summed E-state index contributed by atoms with van der Waals surface area (Å²) in [7, 11) is 1.74. The third-order valence-corrected chi connectivity index (χ3v) is 4.58. The SMILES string of the molecule is COC1(c2ncc3c(n2)CCCCC3N)CCOCC1. The van der Waals surface area contributed by atoms with Gasteiger partial charge in [0.2, 0.25) is 0 Å². The summed E-state index contributed by atoms with van der Waals surface area (Å²) in [5.41, 5.74) is 8.05. The Labute approximate surface area is 119 Å². The van der Waals surface area contributed by atoms with Crippen molar-refractivity contribution in [1.82, 2.24) is 9.97 Å². The summed E-state index contributed by atoms with van der Waals surface area (Å²) in [6, 6.07) is 0.0785. The van der Waals surface area contributed by atoms with Gasteiger partial charge in [0.15, 0.2) is 5.82 Å². The molecular weight excluding hydrogens is 254 g/mol. The van der Waals surface area contributed by atoms with Crippen LogP contribution in [0.25, 0.3) is 0 Å². The van der Waals surface area contributed by atoms with E-state index < -0.39 is 0 Å². The molecule has 0 spiro atoms. The molecule has 1 aromatic rings. The molecule has 110 valence electrons. The number of nitrogens with zero attached hydrogens (tertiary/aromatic N) is 2. The maximum atomic E-state index is 6.21. The molecule has 1 aromatic heterocycles. The molecule has 2 N–H and O–H groups in total. The zero-order valence-corrected chi connectivity index (χ0v) is 12.1. The van der Waals surface area contributed by atoms with Crippen LogP contribution < -0.4 is 5.73 Å². The summed E-state index contributed by atoms with van der Waals surface area (Å²) in [6.45, 7) is 1.40. The number of fused-ring (bicyclic) bond motifs is 1. The van der Waals surface area contributed by atoms with Gasteiger partial charge in [0.05, 0.1) is 0 Å². The van der Waals surface area contributed by atoms with E-state index in [4.69, 9.17) is 20.2 Å². The Hall–Kier alpha value is -1.04. The van der Waals surface area contributed by atoms with Crippen LogP contribution in [0.1, 0.15) is 55.2 Å². The molecule has 5 heteroatoms. The first-order chi connectivity index (χ1) is 9.75. The predicted molar refractivity (Wildman–Crippen MR) is 75.3 cm³/mol. The van der Waals surface area contributed by atoms with E-state index >= 15 is 0 Å². The lowest BCUT2D eigenvalue weighted by atomic mass is 9.92. The molecule has 0 saturated carbocycles. The van der Waals surface area contributed by atoms with Crippen molar-refractivity contribution in [2.45, 2.75) is 50.2 Å². The summed E-state index contributed by atoms with van der Waals surface area (Å²) >= 11 is 0. The second kappa shape index (κ2) is 5.76. The van der Waals surface area contributed by atoms with Crippen molar-refractivity contribution >= 4 is 0 Å². The van der Waals surface area contributed by atoms with E-state index in [1.807, 2.05) is 6.20 Å². The molecule has 1 atom stereocenters. The Morgan fingerprint density at radius 3 is 2.90 bits per heavy atom. The van der Waals surface area contributed by atoms with Crippen molar-refractivity contribution in [1.29, 1.82) is 0 Å². The minimum Gasteiger partial charge on any atom is -0.381 e. The molecule has 0 bridgehead atoms. The number of hydrogen-bond acceptors (Lipinski definition) is 5. The van der Waals surface area contributed by atoms with Crippen molar-refractivity contribution in [3.05, 3.63) is 23.3 Å². The first-order valence-corrected chi connectivity index (χ1v) is 7.50. The van der Waals surface area contributed by atoms with Crippen LogP contribution in [0.5, 0.6) is 0 Å². The molecule has 2 aliphatic rings. The average Bonchev–Trinajstić information content (AvgIpc) is 2.69. The Balaban J connectivity index is 1.96. The maximum absolute atomic E-state index is 6.21. The van der Waals surface area contributed by atoms with Gasteiger partial charge in [0, 0.05) is 56.7 Å². The highest BCUT2D eigenvalue weighted by molar-refractivity contribution is 5.24. The first-order valence-electron chi connectivity index (χ1n) is 7.50. The number of aryl methyl sites for hydroxylation is 1. The van der Waals surface area contributed by atoms with Crippen molar-refractivity contribution in [3.63, 3.8) is 0 Å². The van der Waals surface area contributed by atoms with Crippen LogP contribution in [0.2, 0.25) is 0 Å². The molecule has 3 rings (SSSR count). The lowest BCUT2D eigenvalue weighted by molar-refractivity contribution is -0.100. The van der Waals surface area contributed by atoms with Crippen molar-refractivity contribution < 1.29 is 9.47 Å². The minimum atomic E-state index is -0.385. The van der Waals surface area contributed by atoms with E-state index in [0.29, 0.717) is 13.2 Å². The molecule has 2 heterocycles. The molecular formula is C15H23N3O2. The molecule has 1 fully saturated rings. The van der Waals surface area contributed by atoms with Gasteiger partial charge in [-0.05, 0) is 19.3 Å². The van der Waals surface area contributed by atoms with Gasteiger partial charge in [-0.25, -0.2) is 9.97 Å². The van der Waals surface area contributed by atoms with Crippen LogP contribution in [-0.2, 0) is 21.5 Å². The highest BCUT2D eigenvalue weighted by Gasteiger charge is 2.38. The molecule has 1 unspecified atom stereocenters. The molecule has 20 heavy (non-hydrogen) atoms. The Kier molecular flexibility index (Phi) is 4.01. The van der Waals surface area contributed by atoms with Crippen LogP contribution in [0.3, 0.4) is 0 Å². The summed E-state index contributed by atoms with van der Waals surface area (Å²) < 4.78 is 11.2. The van der Waals surface area contributed by atoms with Gasteiger partial charge >= 0.3 is 0 Å². The number of hydrogen-bond donors (Lipinski definition) is 1. The first kappa shape index (κ1) is 13.9. The molecule has 0 radical (unpaired) electrons. The van der Waals surface area contributed by atoms with E-state index in [0.717, 1.165) is 55.6 Å². The monoisotopic (exact) mass is 277 g/mol. The average molecular weight is 277 g/mol. The van der Waals surface area contributed by atoms with Gasteiger partial charge in [-0.3, -0.25) is 0 Å². The summed E-state index contributed by atoms with van der Waals surface area (Å²) in [4.78, 5) is 9.40. The summed E-state index contributed by atoms with van der Waals surface area (Å²) in [6.07, 6.45) is 7.89. The summed E-state index contributed by atoms with van der Waals surface area (Å²) in [5, 5.41) is 0. The fraction of sp³-hybridized carbons (Fsp3) is 0.733. The molecule has 1 saturated heterocycles. The van der Waals surface area contributed by atoms with Gasteiger partial charge in [-0.1, -0.05) is 6.42 Å². The van der Waals surface area contributed by atoms with Crippen molar-refractivity contribution in [2.75, 3.05) is 20.3 Å². The van der Waals surface area contributed by atoms with Crippen LogP contribution >= 0.6 is 0 Å². The second-order valence-corrected chi connectivity index (χ2v) is 5.76. The van der Waals surface area contributed by atoms with Gasteiger partial charge in [0.25, 0.3) is 0 Å². The summed E-state index contributed by atoms with van der Waals surface area (Å²) in [5.74, 6) is 0.802. The van der Waals surface area contributed by atoms with Gasteiger partial charge in [-0.2, -0.15) is 0 Å². The van der Waals surface area contributed by atoms with E-state index in [1.54, 1.807) is 7.11 Å². The van der Waals surface area contributed by atoms with Gasteiger partial charge < -0.3 is 15.2 Å². The van der Waals surface area contributed by atoms with Crippen molar-refractivity contribution in [2.24, 2.45) is 5.73 Å². The van der Waals surface area contributed by atoms with Gasteiger partial charge in [-0.15, -0.1) is 0 Å². The highest BCUT2D eigenvalue weighted by Crippen LogP contribution is 2.34. The second-order valence-electron chi connectivity index (χ2n) is 5.76. The van der Waals surface area contributed by atoms with Crippen molar-refractivity contribution in [3.8, 4) is 0 Å². The van der Waals surface area contributed by atoms with Gasteiger partial charge in [0.1, 0.15) is 5.60 Å². The molecule has 0 aromatic carbocycles. The predicted octanol–water partition coefficient (Wildman–Crippen LogP) is 1.85. The highest BCUT2D eigenvalue weighted by atomic mass is 16.5. The molecule has 0 amide bonds. The minimum absolute atomic E-state index is 0.0785. The van der Waals surface area contributed by atoms with E-state index in [1.165, 1.54) is 0 Å². The lowest BCUT2D eigenvalue weighted by Gasteiger charge is -2.34. The zero-order valence-electron chi connectivity index (χ0n) is 12.1. The Morgan fingerprint density at radius 1 is 1.35 bits per heavy atom. The molecule has 5 nitrogen and oxygen atoms in total. The standard InChI is InChI=1S/C15H23N3O2/c1-19-15(6-8-20-9-7-15)14-17-10-11-12(16)4-2-3-5-13(11)18-14/h10,12H,2-9,16H2,1H3. The quantitative estimate of drug-likeness (QED) is 0.835. The number of rotatable bonds is 2. The molecule has 1 aliphatic carbocycles. The third kappa shape index (κ3) is 2.45. The smallest absolute Gasteiger partial charge is 0.160 e. The fourth-order valence-electron chi connectivity index (χ4n) is 3.19. The van der Waals surface area contributed by atoms with Crippen LogP contribution in [0.4, 0.5) is 0 Å². The van der Waals surface area contributed by atoms with Crippen LogP contribution in [-0.4, -0.2) is 30.3 Å². The van der Waals surface area contributed by atoms with Crippen LogP contribution in [0.15, 0.2) is 6.20 Å². The third-order valence-electron chi connectivity index (χ3n) is 4.58. The largest absolute Gasteiger partial charge is 0.381 e. The Morgan fingerprint density at radius 2 is 2.15 bits per heavy atom. The fourth-order valence-corrected chi connectivity index (χ4v) is 3.19. The number of aromatic nitrogens is 2. The number of nitrogens with two attached hydrogens (primary N) is 1. The zero-order chi connectivity index (χ0) is 14.0. The number of methoxy groups -OCH3 is 1. The van der Waals surface area contributed by atoms with E-state index in [9.17, 15) is 0 Å². The Bertz CT molecular complexity index is 472. The normalized spacial score (nSPS) is 25.8. The van der Waals surface area contributed by atoms with Crippen LogP contribution in [0, 0.1) is 0 Å². The topological polar surface area (TPSA) is 70.3 Å². The van der Waals surface area contributed by atoms with E-state index in [2.05, 4.69) is 4.98 Å². The maximum Gasteiger partial charge on any atom is 0.160 e. The molecule has 1 aliphatic heterocycles. The van der Waals surface area contributed by atoms with E-state index in [-0.39, 0.29) is 11.6 Å².